The number of likely N-dealkylation sites (N-methyl/N-ethyl adjacent to an activating group) is 1. The quantitative estimate of drug-likeness (QED) is 0.854. The fraction of sp³-hybridized carbons (Fsp3) is 0.533. The summed E-state index contributed by atoms with van der Waals surface area (Å²) in [5.41, 5.74) is 2.79. The normalized spacial score (nSPS) is 11.3. The summed E-state index contributed by atoms with van der Waals surface area (Å²) in [6.07, 6.45) is 0. The number of hydrogen-bond acceptors (Lipinski definition) is 3. The van der Waals surface area contributed by atoms with Crippen LogP contribution in [0.3, 0.4) is 0 Å². The van der Waals surface area contributed by atoms with E-state index in [1.165, 1.54) is 11.1 Å². The van der Waals surface area contributed by atoms with E-state index in [1.807, 2.05) is 26.8 Å². The summed E-state index contributed by atoms with van der Waals surface area (Å²) in [4.78, 5) is 12.0. The van der Waals surface area contributed by atoms with E-state index in [-0.39, 0.29) is 5.91 Å². The predicted octanol–water partition coefficient (Wildman–Crippen LogP) is 1.93. The van der Waals surface area contributed by atoms with E-state index < -0.39 is 5.54 Å². The second-order valence-electron chi connectivity index (χ2n) is 5.31. The van der Waals surface area contributed by atoms with Gasteiger partial charge in [0.1, 0.15) is 5.75 Å². The number of methoxy groups -OCH3 is 1. The van der Waals surface area contributed by atoms with Crippen LogP contribution in [0.2, 0.25) is 0 Å². The van der Waals surface area contributed by atoms with Crippen molar-refractivity contribution in [3.63, 3.8) is 0 Å². The summed E-state index contributed by atoms with van der Waals surface area (Å²) in [7, 11) is 3.42. The highest BCUT2D eigenvalue weighted by molar-refractivity contribution is 5.85. The van der Waals surface area contributed by atoms with E-state index in [1.54, 1.807) is 14.2 Å². The summed E-state index contributed by atoms with van der Waals surface area (Å²) >= 11 is 0. The van der Waals surface area contributed by atoms with Crippen molar-refractivity contribution in [2.75, 3.05) is 14.2 Å². The molecule has 0 spiro atoms. The van der Waals surface area contributed by atoms with Crippen LogP contribution in [-0.2, 0) is 11.3 Å². The monoisotopic (exact) mass is 264 g/mol. The number of carbonyl (C=O) groups excluding carboxylic acids is 1. The summed E-state index contributed by atoms with van der Waals surface area (Å²) in [5, 5.41) is 5.91. The molecule has 0 atom stereocenters. The highest BCUT2D eigenvalue weighted by Gasteiger charge is 2.24. The van der Waals surface area contributed by atoms with Gasteiger partial charge in [-0.05, 0) is 51.9 Å². The molecule has 1 aromatic rings. The molecule has 1 amide bonds. The number of hydrogen-bond donors (Lipinski definition) is 2. The zero-order valence-corrected chi connectivity index (χ0v) is 12.7. The van der Waals surface area contributed by atoms with Crippen molar-refractivity contribution in [3.05, 3.63) is 28.8 Å². The molecule has 0 aliphatic rings. The summed E-state index contributed by atoms with van der Waals surface area (Å²) < 4.78 is 5.36. The highest BCUT2D eigenvalue weighted by Crippen LogP contribution is 2.23. The van der Waals surface area contributed by atoms with Crippen molar-refractivity contribution in [3.8, 4) is 5.75 Å². The molecule has 0 aromatic heterocycles. The van der Waals surface area contributed by atoms with Crippen molar-refractivity contribution in [2.24, 2.45) is 0 Å². The van der Waals surface area contributed by atoms with Crippen LogP contribution in [0.15, 0.2) is 12.1 Å². The molecule has 19 heavy (non-hydrogen) atoms. The Morgan fingerprint density at radius 3 is 2.37 bits per heavy atom. The third kappa shape index (κ3) is 3.70. The number of aryl methyl sites for hydroxylation is 2. The molecule has 0 saturated heterocycles. The van der Waals surface area contributed by atoms with Gasteiger partial charge < -0.3 is 15.4 Å². The zero-order valence-electron chi connectivity index (χ0n) is 12.7. The van der Waals surface area contributed by atoms with Crippen LogP contribution in [0.1, 0.15) is 30.5 Å². The van der Waals surface area contributed by atoms with Crippen molar-refractivity contribution < 1.29 is 9.53 Å². The van der Waals surface area contributed by atoms with Gasteiger partial charge in [0, 0.05) is 12.1 Å². The summed E-state index contributed by atoms with van der Waals surface area (Å²) in [5.74, 6) is 0.779. The molecule has 0 aliphatic heterocycles. The number of benzene rings is 1. The molecule has 1 rings (SSSR count). The van der Waals surface area contributed by atoms with E-state index in [9.17, 15) is 4.79 Å². The van der Waals surface area contributed by atoms with Gasteiger partial charge in [-0.1, -0.05) is 6.07 Å². The first kappa shape index (κ1) is 15.5. The van der Waals surface area contributed by atoms with Gasteiger partial charge in [0.25, 0.3) is 0 Å². The molecule has 0 bridgehead atoms. The van der Waals surface area contributed by atoms with Gasteiger partial charge >= 0.3 is 0 Å². The fourth-order valence-corrected chi connectivity index (χ4v) is 1.69. The van der Waals surface area contributed by atoms with Crippen molar-refractivity contribution in [1.82, 2.24) is 10.6 Å². The van der Waals surface area contributed by atoms with E-state index in [2.05, 4.69) is 23.6 Å². The van der Waals surface area contributed by atoms with E-state index in [0.29, 0.717) is 6.54 Å². The third-order valence-corrected chi connectivity index (χ3v) is 3.53. The molecule has 4 nitrogen and oxygen atoms in total. The maximum absolute atomic E-state index is 12.0. The van der Waals surface area contributed by atoms with Crippen molar-refractivity contribution in [2.45, 2.75) is 39.8 Å². The summed E-state index contributed by atoms with van der Waals surface area (Å²) in [6, 6.07) is 4.06. The molecule has 0 unspecified atom stereocenters. The first-order valence-electron chi connectivity index (χ1n) is 6.43. The molecule has 1 aromatic carbocycles. The molecule has 0 fully saturated rings. The number of nitrogens with one attached hydrogen (secondary N) is 2. The molecule has 0 heterocycles. The van der Waals surface area contributed by atoms with Gasteiger partial charge in [0.05, 0.1) is 12.6 Å². The van der Waals surface area contributed by atoms with Crippen LogP contribution >= 0.6 is 0 Å². The first-order valence-corrected chi connectivity index (χ1v) is 6.43. The zero-order chi connectivity index (χ0) is 14.6. The smallest absolute Gasteiger partial charge is 0.239 e. The van der Waals surface area contributed by atoms with Crippen LogP contribution in [0.5, 0.6) is 5.75 Å². The molecule has 4 heteroatoms. The number of rotatable bonds is 5. The van der Waals surface area contributed by atoms with Gasteiger partial charge in [-0.15, -0.1) is 0 Å². The van der Waals surface area contributed by atoms with Crippen LogP contribution in [0.25, 0.3) is 0 Å². The minimum atomic E-state index is -0.576. The highest BCUT2D eigenvalue weighted by atomic mass is 16.5. The lowest BCUT2D eigenvalue weighted by Gasteiger charge is -2.23. The Kier molecular flexibility index (Phi) is 4.95. The van der Waals surface area contributed by atoms with E-state index in [0.717, 1.165) is 11.3 Å². The Labute approximate surface area is 115 Å². The standard InChI is InChI=1S/C15H24N2O2/c1-10-7-12(13(19-6)8-11(10)2)9-17-14(18)15(3,4)16-5/h7-8,16H,9H2,1-6H3,(H,17,18). The lowest BCUT2D eigenvalue weighted by Crippen LogP contribution is -2.50. The maximum Gasteiger partial charge on any atom is 0.239 e. The van der Waals surface area contributed by atoms with Crippen LogP contribution in [-0.4, -0.2) is 25.6 Å². The maximum atomic E-state index is 12.0. The molecule has 106 valence electrons. The predicted molar refractivity (Wildman–Crippen MR) is 77.5 cm³/mol. The lowest BCUT2D eigenvalue weighted by molar-refractivity contribution is -0.126. The summed E-state index contributed by atoms with van der Waals surface area (Å²) in [6.45, 7) is 8.26. The number of amides is 1. The SMILES string of the molecule is CNC(C)(C)C(=O)NCc1cc(C)c(C)cc1OC. The van der Waals surface area contributed by atoms with Crippen molar-refractivity contribution in [1.29, 1.82) is 0 Å². The van der Waals surface area contributed by atoms with Crippen LogP contribution in [0, 0.1) is 13.8 Å². The topological polar surface area (TPSA) is 50.4 Å². The minimum Gasteiger partial charge on any atom is -0.496 e. The average molecular weight is 264 g/mol. The van der Waals surface area contributed by atoms with Gasteiger partial charge in [-0.25, -0.2) is 0 Å². The van der Waals surface area contributed by atoms with E-state index in [4.69, 9.17) is 4.74 Å². The van der Waals surface area contributed by atoms with Gasteiger partial charge in [0.15, 0.2) is 0 Å². The minimum absolute atomic E-state index is 0.0321. The molecule has 0 saturated carbocycles. The number of carbonyl (C=O) groups is 1. The van der Waals surface area contributed by atoms with Crippen LogP contribution in [0.4, 0.5) is 0 Å². The van der Waals surface area contributed by atoms with E-state index >= 15 is 0 Å². The van der Waals surface area contributed by atoms with Gasteiger partial charge in [0.2, 0.25) is 5.91 Å². The molecular formula is C15H24N2O2. The first-order chi connectivity index (χ1) is 8.81. The second-order valence-corrected chi connectivity index (χ2v) is 5.31. The number of ether oxygens (including phenoxy) is 1. The largest absolute Gasteiger partial charge is 0.496 e. The van der Waals surface area contributed by atoms with Crippen LogP contribution < -0.4 is 15.4 Å². The molecule has 0 radical (unpaired) electrons. The van der Waals surface area contributed by atoms with Gasteiger partial charge in [-0.3, -0.25) is 4.79 Å². The Morgan fingerprint density at radius 2 is 1.84 bits per heavy atom. The van der Waals surface area contributed by atoms with Gasteiger partial charge in [-0.2, -0.15) is 0 Å². The second kappa shape index (κ2) is 6.06. The fourth-order valence-electron chi connectivity index (χ4n) is 1.69. The molecule has 0 aliphatic carbocycles. The Balaban J connectivity index is 2.83. The lowest BCUT2D eigenvalue weighted by atomic mass is 10.0. The third-order valence-electron chi connectivity index (χ3n) is 3.53. The Bertz CT molecular complexity index is 467. The molecule has 2 N–H and O–H groups in total. The van der Waals surface area contributed by atoms with Crippen molar-refractivity contribution >= 4 is 5.91 Å². The Hall–Kier alpha value is -1.55. The molecular weight excluding hydrogens is 240 g/mol. The Morgan fingerprint density at radius 1 is 1.26 bits per heavy atom. The average Bonchev–Trinajstić information content (AvgIpc) is 2.38.